The summed E-state index contributed by atoms with van der Waals surface area (Å²) in [7, 11) is 0. The molecule has 0 saturated heterocycles. The lowest BCUT2D eigenvalue weighted by Crippen LogP contribution is -2.59. The average Bonchev–Trinajstić information content (AvgIpc) is 2.41. The van der Waals surface area contributed by atoms with E-state index in [1.165, 1.54) is 6.42 Å². The maximum Gasteiger partial charge on any atom is 0.416 e. The average molecular weight is 347 g/mol. The molecule has 1 amide bonds. The van der Waals surface area contributed by atoms with Crippen LogP contribution in [0, 0.1) is 0 Å². The Balaban J connectivity index is 1.66. The standard InChI is InChI=1S/C16H18ClF3N2O/c17-12-5-4-9(16(18,19)20)8-11(12)15(23)22-14-7-6-13(14)21-10-2-1-3-10/h4-5,8,10,13-14,21H,1-3,6-7H2,(H,22,23)/t13-,14+/m1/s1. The molecule has 0 heterocycles. The largest absolute Gasteiger partial charge is 0.416 e. The summed E-state index contributed by atoms with van der Waals surface area (Å²) < 4.78 is 38.3. The fourth-order valence-electron chi connectivity index (χ4n) is 2.87. The van der Waals surface area contributed by atoms with Gasteiger partial charge in [-0.1, -0.05) is 18.0 Å². The molecule has 2 saturated carbocycles. The molecule has 7 heteroatoms. The van der Waals surface area contributed by atoms with Crippen molar-refractivity contribution in [1.82, 2.24) is 10.6 Å². The third-order valence-corrected chi connectivity index (χ3v) is 5.01. The third kappa shape index (κ3) is 3.63. The van der Waals surface area contributed by atoms with Crippen LogP contribution in [0.1, 0.15) is 48.0 Å². The van der Waals surface area contributed by atoms with Crippen molar-refractivity contribution in [3.05, 3.63) is 34.3 Å². The fraction of sp³-hybridized carbons (Fsp3) is 0.562. The van der Waals surface area contributed by atoms with Crippen molar-refractivity contribution in [3.8, 4) is 0 Å². The van der Waals surface area contributed by atoms with Gasteiger partial charge in [0.1, 0.15) is 0 Å². The number of carbonyl (C=O) groups excluding carboxylic acids is 1. The van der Waals surface area contributed by atoms with Gasteiger partial charge in [0.15, 0.2) is 0 Å². The van der Waals surface area contributed by atoms with Gasteiger partial charge in [-0.15, -0.1) is 0 Å². The van der Waals surface area contributed by atoms with Crippen LogP contribution in [0.5, 0.6) is 0 Å². The first-order chi connectivity index (χ1) is 10.8. The molecule has 1 aromatic rings. The van der Waals surface area contributed by atoms with E-state index in [9.17, 15) is 18.0 Å². The minimum Gasteiger partial charge on any atom is -0.348 e. The maximum atomic E-state index is 12.8. The summed E-state index contributed by atoms with van der Waals surface area (Å²) in [5.41, 5.74) is -0.999. The number of rotatable bonds is 4. The molecule has 1 aromatic carbocycles. The van der Waals surface area contributed by atoms with Crippen LogP contribution in [0.25, 0.3) is 0 Å². The van der Waals surface area contributed by atoms with E-state index in [2.05, 4.69) is 10.6 Å². The fourth-order valence-corrected chi connectivity index (χ4v) is 3.08. The van der Waals surface area contributed by atoms with E-state index < -0.39 is 17.6 Å². The SMILES string of the molecule is O=C(N[C@H]1CC[C@H]1NC1CCC1)c1cc(C(F)(F)F)ccc1Cl. The minimum atomic E-state index is -4.50. The summed E-state index contributed by atoms with van der Waals surface area (Å²) in [4.78, 5) is 12.3. The number of hydrogen-bond acceptors (Lipinski definition) is 2. The van der Waals surface area contributed by atoms with E-state index in [4.69, 9.17) is 11.6 Å². The summed E-state index contributed by atoms with van der Waals surface area (Å²) in [5.74, 6) is -0.550. The first kappa shape index (κ1) is 16.6. The predicted molar refractivity (Wildman–Crippen MR) is 81.5 cm³/mol. The van der Waals surface area contributed by atoms with Gasteiger partial charge in [0.2, 0.25) is 0 Å². The van der Waals surface area contributed by atoms with Crippen LogP contribution in [0.15, 0.2) is 18.2 Å². The predicted octanol–water partition coefficient (Wildman–Crippen LogP) is 3.76. The molecule has 0 radical (unpaired) electrons. The van der Waals surface area contributed by atoms with E-state index >= 15 is 0 Å². The summed E-state index contributed by atoms with van der Waals surface area (Å²) in [5, 5.41) is 6.31. The number of carbonyl (C=O) groups is 1. The van der Waals surface area contributed by atoms with Gasteiger partial charge in [0.05, 0.1) is 16.1 Å². The van der Waals surface area contributed by atoms with Gasteiger partial charge in [0.25, 0.3) is 5.91 Å². The van der Waals surface area contributed by atoms with Crippen molar-refractivity contribution in [3.63, 3.8) is 0 Å². The lowest BCUT2D eigenvalue weighted by molar-refractivity contribution is -0.137. The first-order valence-corrected chi connectivity index (χ1v) is 8.16. The van der Waals surface area contributed by atoms with Crippen LogP contribution in [0.2, 0.25) is 5.02 Å². The van der Waals surface area contributed by atoms with Gasteiger partial charge in [-0.25, -0.2) is 0 Å². The van der Waals surface area contributed by atoms with Crippen LogP contribution in [0.4, 0.5) is 13.2 Å². The van der Waals surface area contributed by atoms with Crippen molar-refractivity contribution in [1.29, 1.82) is 0 Å². The second-order valence-electron chi connectivity index (χ2n) is 6.25. The Morgan fingerprint density at radius 3 is 2.35 bits per heavy atom. The molecule has 2 aliphatic rings. The molecule has 0 aromatic heterocycles. The molecule has 23 heavy (non-hydrogen) atoms. The highest BCUT2D eigenvalue weighted by molar-refractivity contribution is 6.33. The Kier molecular flexibility index (Phi) is 4.56. The van der Waals surface area contributed by atoms with Crippen molar-refractivity contribution in [2.45, 2.75) is 56.4 Å². The van der Waals surface area contributed by atoms with Gasteiger partial charge < -0.3 is 10.6 Å². The van der Waals surface area contributed by atoms with Crippen molar-refractivity contribution < 1.29 is 18.0 Å². The van der Waals surface area contributed by atoms with Crippen molar-refractivity contribution >= 4 is 17.5 Å². The van der Waals surface area contributed by atoms with E-state index in [0.717, 1.165) is 43.9 Å². The molecule has 0 unspecified atom stereocenters. The van der Waals surface area contributed by atoms with Gasteiger partial charge >= 0.3 is 6.18 Å². The quantitative estimate of drug-likeness (QED) is 0.871. The molecular formula is C16H18ClF3N2O. The number of nitrogens with one attached hydrogen (secondary N) is 2. The van der Waals surface area contributed by atoms with Gasteiger partial charge in [-0.3, -0.25) is 4.79 Å². The topological polar surface area (TPSA) is 41.1 Å². The second-order valence-corrected chi connectivity index (χ2v) is 6.66. The molecule has 0 bridgehead atoms. The summed E-state index contributed by atoms with van der Waals surface area (Å²) >= 11 is 5.89. The van der Waals surface area contributed by atoms with E-state index in [1.54, 1.807) is 0 Å². The number of alkyl halides is 3. The van der Waals surface area contributed by atoms with Gasteiger partial charge in [0, 0.05) is 18.1 Å². The van der Waals surface area contributed by atoms with Crippen LogP contribution < -0.4 is 10.6 Å². The van der Waals surface area contributed by atoms with Crippen molar-refractivity contribution in [2.75, 3.05) is 0 Å². The number of hydrogen-bond donors (Lipinski definition) is 2. The number of halogens is 4. The molecular weight excluding hydrogens is 329 g/mol. The maximum absolute atomic E-state index is 12.8. The monoisotopic (exact) mass is 346 g/mol. The van der Waals surface area contributed by atoms with Crippen LogP contribution in [0.3, 0.4) is 0 Å². The number of benzene rings is 1. The van der Waals surface area contributed by atoms with Crippen LogP contribution in [-0.4, -0.2) is 24.0 Å². The molecule has 0 spiro atoms. The molecule has 0 aliphatic heterocycles. The Morgan fingerprint density at radius 2 is 1.83 bits per heavy atom. The van der Waals surface area contributed by atoms with Gasteiger partial charge in [-0.2, -0.15) is 13.2 Å². The Bertz CT molecular complexity index is 601. The number of amides is 1. The Labute approximate surface area is 137 Å². The lowest BCUT2D eigenvalue weighted by Gasteiger charge is -2.42. The second kappa shape index (κ2) is 6.32. The zero-order chi connectivity index (χ0) is 16.6. The highest BCUT2D eigenvalue weighted by Gasteiger charge is 2.36. The third-order valence-electron chi connectivity index (χ3n) is 4.68. The highest BCUT2D eigenvalue weighted by Crippen LogP contribution is 2.32. The lowest BCUT2D eigenvalue weighted by atomic mass is 9.83. The van der Waals surface area contributed by atoms with Gasteiger partial charge in [-0.05, 0) is 43.9 Å². The molecule has 2 fully saturated rings. The Hall–Kier alpha value is -1.27. The zero-order valence-corrected chi connectivity index (χ0v) is 13.2. The molecule has 3 nitrogen and oxygen atoms in total. The molecule has 2 atom stereocenters. The van der Waals surface area contributed by atoms with E-state index in [-0.39, 0.29) is 22.7 Å². The molecule has 3 rings (SSSR count). The van der Waals surface area contributed by atoms with Crippen LogP contribution in [-0.2, 0) is 6.18 Å². The molecule has 2 N–H and O–H groups in total. The normalized spacial score (nSPS) is 24.7. The zero-order valence-electron chi connectivity index (χ0n) is 12.4. The van der Waals surface area contributed by atoms with Crippen LogP contribution >= 0.6 is 11.6 Å². The van der Waals surface area contributed by atoms with Crippen molar-refractivity contribution in [2.24, 2.45) is 0 Å². The highest BCUT2D eigenvalue weighted by atomic mass is 35.5. The summed E-state index contributed by atoms with van der Waals surface area (Å²) in [6.45, 7) is 0. The Morgan fingerprint density at radius 1 is 1.13 bits per heavy atom. The molecule has 2 aliphatic carbocycles. The van der Waals surface area contributed by atoms with E-state index in [0.29, 0.717) is 6.04 Å². The smallest absolute Gasteiger partial charge is 0.348 e. The summed E-state index contributed by atoms with van der Waals surface area (Å²) in [6, 6.07) is 3.47. The van der Waals surface area contributed by atoms with E-state index in [1.807, 2.05) is 0 Å². The minimum absolute atomic E-state index is 0.0262. The summed E-state index contributed by atoms with van der Waals surface area (Å²) in [6.07, 6.45) is 0.823. The first-order valence-electron chi connectivity index (χ1n) is 7.78. The molecule has 126 valence electrons.